The van der Waals surface area contributed by atoms with Crippen molar-refractivity contribution >= 4 is 17.9 Å². The van der Waals surface area contributed by atoms with Crippen molar-refractivity contribution < 1.29 is 47.7 Å². The van der Waals surface area contributed by atoms with E-state index in [4.69, 9.17) is 30.1 Å². The van der Waals surface area contributed by atoms with Crippen LogP contribution in [-0.4, -0.2) is 91.7 Å². The van der Waals surface area contributed by atoms with Crippen molar-refractivity contribution in [3.63, 3.8) is 0 Å². The summed E-state index contributed by atoms with van der Waals surface area (Å²) < 4.78 is 27.2. The van der Waals surface area contributed by atoms with E-state index in [1.807, 2.05) is 0 Å². The van der Waals surface area contributed by atoms with Crippen LogP contribution in [0, 0.1) is 12.3 Å². The van der Waals surface area contributed by atoms with Gasteiger partial charge in [0, 0.05) is 13.8 Å². The normalized spacial score (nSPS) is 28.0. The van der Waals surface area contributed by atoms with E-state index < -0.39 is 54.9 Å². The molecule has 1 rings (SSSR count). The van der Waals surface area contributed by atoms with Gasteiger partial charge in [-0.3, -0.25) is 9.59 Å². The molecule has 0 spiro atoms. The number of ether oxygens (including phenoxy) is 5. The molecule has 1 aliphatic rings. The van der Waals surface area contributed by atoms with E-state index in [1.54, 1.807) is 21.0 Å². The zero-order chi connectivity index (χ0) is 22.4. The Hall–Kier alpha value is -2.19. The molecule has 0 saturated carbocycles. The van der Waals surface area contributed by atoms with E-state index in [1.165, 1.54) is 20.8 Å². The number of esters is 3. The molecular weight excluding hydrogens is 386 g/mol. The number of nitrogens with zero attached hydrogens (tertiary/aromatic N) is 1. The minimum absolute atomic E-state index is 0.0502. The van der Waals surface area contributed by atoms with Crippen LogP contribution in [-0.2, 0) is 38.1 Å². The Kier molecular flexibility index (Phi) is 9.04. The third-order valence-electron chi connectivity index (χ3n) is 4.01. The molecule has 1 aliphatic heterocycles. The van der Waals surface area contributed by atoms with Crippen LogP contribution in [0.25, 0.3) is 0 Å². The number of hydrogen-bond donors (Lipinski definition) is 1. The van der Waals surface area contributed by atoms with Gasteiger partial charge in [-0.15, -0.1) is 6.42 Å². The van der Waals surface area contributed by atoms with Crippen molar-refractivity contribution in [2.75, 3.05) is 27.2 Å². The van der Waals surface area contributed by atoms with Crippen LogP contribution in [0.1, 0.15) is 27.7 Å². The van der Waals surface area contributed by atoms with E-state index in [0.717, 1.165) is 0 Å². The minimum atomic E-state index is -1.31. The molecular formula is C19H30NO9+. The fourth-order valence-electron chi connectivity index (χ4n) is 2.94. The van der Waals surface area contributed by atoms with E-state index >= 15 is 0 Å². The smallest absolute Gasteiger partial charge is 0.364 e. The summed E-state index contributed by atoms with van der Waals surface area (Å²) >= 11 is 0. The third kappa shape index (κ3) is 7.98. The lowest BCUT2D eigenvalue weighted by Gasteiger charge is -2.43. The lowest BCUT2D eigenvalue weighted by molar-refractivity contribution is -0.875. The first kappa shape index (κ1) is 24.8. The maximum Gasteiger partial charge on any atom is 0.364 e. The zero-order valence-corrected chi connectivity index (χ0v) is 17.6. The van der Waals surface area contributed by atoms with Gasteiger partial charge in [0.15, 0.2) is 31.1 Å². The van der Waals surface area contributed by atoms with E-state index in [-0.39, 0.29) is 11.0 Å². The molecule has 1 saturated heterocycles. The molecule has 29 heavy (non-hydrogen) atoms. The van der Waals surface area contributed by atoms with E-state index in [2.05, 4.69) is 5.92 Å². The highest BCUT2D eigenvalue weighted by Crippen LogP contribution is 2.30. The average molecular weight is 416 g/mol. The number of carbonyl (C=O) groups excluding carboxylic acids is 3. The number of likely N-dealkylation sites (N-methyl/N-ethyl adjacent to an activating group) is 1. The predicted molar refractivity (Wildman–Crippen MR) is 98.8 cm³/mol. The highest BCUT2D eigenvalue weighted by molar-refractivity contribution is 5.71. The Labute approximate surface area is 170 Å². The molecule has 2 unspecified atom stereocenters. The molecule has 0 radical (unpaired) electrons. The summed E-state index contributed by atoms with van der Waals surface area (Å²) in [5.74, 6) is 0.559. The fraction of sp³-hybridized carbons (Fsp3) is 0.737. The van der Waals surface area contributed by atoms with Crippen molar-refractivity contribution in [1.82, 2.24) is 0 Å². The average Bonchev–Trinajstić information content (AvgIpc) is 2.52. The van der Waals surface area contributed by atoms with Gasteiger partial charge in [-0.2, -0.15) is 0 Å². The van der Waals surface area contributed by atoms with Gasteiger partial charge in [0.2, 0.25) is 6.29 Å². The summed E-state index contributed by atoms with van der Waals surface area (Å²) in [7, 11) is 3.52. The first-order valence-corrected chi connectivity index (χ1v) is 9.14. The van der Waals surface area contributed by atoms with Crippen LogP contribution in [0.5, 0.6) is 0 Å². The topological polar surface area (TPSA) is 118 Å². The molecule has 1 fully saturated rings. The van der Waals surface area contributed by atoms with Gasteiger partial charge < -0.3 is 33.3 Å². The number of aliphatic hydroxyl groups excluding tert-OH is 1. The number of terminal acetylenes is 1. The van der Waals surface area contributed by atoms with Crippen molar-refractivity contribution in [1.29, 1.82) is 0 Å². The van der Waals surface area contributed by atoms with Crippen LogP contribution in [0.4, 0.5) is 0 Å². The highest BCUT2D eigenvalue weighted by Gasteiger charge is 2.51. The van der Waals surface area contributed by atoms with Crippen LogP contribution >= 0.6 is 0 Å². The number of aliphatic hydroxyl groups is 1. The number of rotatable bonds is 8. The van der Waals surface area contributed by atoms with Gasteiger partial charge in [0.05, 0.1) is 20.2 Å². The van der Waals surface area contributed by atoms with Gasteiger partial charge in [-0.1, -0.05) is 0 Å². The van der Waals surface area contributed by atoms with Crippen molar-refractivity contribution in [3.05, 3.63) is 0 Å². The number of quaternary nitrogens is 1. The van der Waals surface area contributed by atoms with Gasteiger partial charge in [-0.25, -0.2) is 4.79 Å². The van der Waals surface area contributed by atoms with Crippen molar-refractivity contribution in [2.45, 2.75) is 64.7 Å². The summed E-state index contributed by atoms with van der Waals surface area (Å²) in [6.45, 7) is 5.52. The van der Waals surface area contributed by atoms with Crippen LogP contribution in [0.15, 0.2) is 0 Å². The summed E-state index contributed by atoms with van der Waals surface area (Å²) in [6, 6.07) is 0. The first-order chi connectivity index (χ1) is 13.4. The van der Waals surface area contributed by atoms with Crippen LogP contribution < -0.4 is 0 Å². The maximum atomic E-state index is 12.4. The SMILES string of the molecule is C#CC[N+](C)(C)CC(=O)OC1O[C@@H](C)[C@@H](OC(C)=O)[C@@H](OC(C)=O)[C@@H]1OC(C)O. The van der Waals surface area contributed by atoms with Crippen molar-refractivity contribution in [2.24, 2.45) is 0 Å². The lowest BCUT2D eigenvalue weighted by Crippen LogP contribution is -2.62. The van der Waals surface area contributed by atoms with Gasteiger partial charge >= 0.3 is 17.9 Å². The fourth-order valence-corrected chi connectivity index (χ4v) is 2.94. The molecule has 1 heterocycles. The monoisotopic (exact) mass is 416 g/mol. The largest absolute Gasteiger partial charge is 0.456 e. The molecule has 0 bridgehead atoms. The number of hydrogen-bond acceptors (Lipinski definition) is 9. The van der Waals surface area contributed by atoms with Gasteiger partial charge in [0.1, 0.15) is 6.54 Å². The molecule has 0 aromatic heterocycles. The molecule has 0 aliphatic carbocycles. The summed E-state index contributed by atoms with van der Waals surface area (Å²) in [5.41, 5.74) is 0. The first-order valence-electron chi connectivity index (χ1n) is 9.14. The molecule has 1 N–H and O–H groups in total. The lowest BCUT2D eigenvalue weighted by atomic mass is 9.99. The number of carbonyl (C=O) groups is 3. The molecule has 0 aromatic carbocycles. The van der Waals surface area contributed by atoms with Crippen LogP contribution in [0.2, 0.25) is 0 Å². The minimum Gasteiger partial charge on any atom is -0.456 e. The second kappa shape index (κ2) is 10.5. The Morgan fingerprint density at radius 1 is 1.10 bits per heavy atom. The molecule has 10 heteroatoms. The zero-order valence-electron chi connectivity index (χ0n) is 17.6. The van der Waals surface area contributed by atoms with Gasteiger partial charge in [0.25, 0.3) is 0 Å². The molecule has 0 amide bonds. The Morgan fingerprint density at radius 3 is 2.14 bits per heavy atom. The summed E-state index contributed by atoms with van der Waals surface area (Å²) in [5, 5.41) is 9.71. The summed E-state index contributed by atoms with van der Waals surface area (Å²) in [6.07, 6.45) is -1.51. The molecule has 0 aromatic rings. The standard InChI is InChI=1S/C19H30NO9/c1-8-9-20(6,7)10-15(24)29-19-18(28-14(5)23)17(27-13(4)22)16(11(2)25-19)26-12(3)21/h1,11,14,16-19,23H,9-10H2,2-7H3/q+1/t11-,14?,16+,17+,18-,19?/m0/s1. The Morgan fingerprint density at radius 2 is 1.66 bits per heavy atom. The molecule has 164 valence electrons. The van der Waals surface area contributed by atoms with E-state index in [0.29, 0.717) is 6.54 Å². The Balaban J connectivity index is 3.11. The highest BCUT2D eigenvalue weighted by atomic mass is 16.7. The maximum absolute atomic E-state index is 12.4. The second-order valence-electron chi connectivity index (χ2n) is 7.50. The summed E-state index contributed by atoms with van der Waals surface area (Å²) in [4.78, 5) is 35.5. The van der Waals surface area contributed by atoms with Crippen LogP contribution in [0.3, 0.4) is 0 Å². The Bertz CT molecular complexity index is 640. The van der Waals surface area contributed by atoms with E-state index in [9.17, 15) is 19.5 Å². The molecule has 6 atom stereocenters. The second-order valence-corrected chi connectivity index (χ2v) is 7.50. The quantitative estimate of drug-likeness (QED) is 0.185. The molecule has 10 nitrogen and oxygen atoms in total. The van der Waals surface area contributed by atoms with Gasteiger partial charge in [-0.05, 0) is 19.8 Å². The predicted octanol–water partition coefficient (Wildman–Crippen LogP) is -0.429. The third-order valence-corrected chi connectivity index (χ3v) is 4.01. The van der Waals surface area contributed by atoms with Crippen molar-refractivity contribution in [3.8, 4) is 12.3 Å².